The molecule has 6 heteroatoms. The van der Waals surface area contributed by atoms with Crippen molar-refractivity contribution in [2.75, 3.05) is 20.7 Å². The van der Waals surface area contributed by atoms with Crippen LogP contribution in [0.1, 0.15) is 12.5 Å². The van der Waals surface area contributed by atoms with Crippen molar-refractivity contribution in [2.45, 2.75) is 19.6 Å². The molecule has 3 rings (SSSR count). The third kappa shape index (κ3) is 4.91. The van der Waals surface area contributed by atoms with Gasteiger partial charge in [0.15, 0.2) is 17.5 Å². The molecule has 0 bridgehead atoms. The third-order valence-electron chi connectivity index (χ3n) is 4.34. The fraction of sp³-hybridized carbons (Fsp3) is 0.273. The Morgan fingerprint density at radius 2 is 1.82 bits per heavy atom. The average molecular weight is 378 g/mol. The van der Waals surface area contributed by atoms with Crippen LogP contribution in [-0.2, 0) is 6.54 Å². The first-order chi connectivity index (χ1) is 13.7. The molecule has 3 aromatic rings. The van der Waals surface area contributed by atoms with Crippen molar-refractivity contribution in [2.24, 2.45) is 4.99 Å². The van der Waals surface area contributed by atoms with Crippen LogP contribution in [0.15, 0.2) is 65.8 Å². The van der Waals surface area contributed by atoms with E-state index in [0.717, 1.165) is 28.0 Å². The highest BCUT2D eigenvalue weighted by Crippen LogP contribution is 2.26. The molecule has 0 fully saturated rings. The minimum atomic E-state index is -0.0610. The Labute approximate surface area is 165 Å². The van der Waals surface area contributed by atoms with Crippen molar-refractivity contribution in [1.82, 2.24) is 15.6 Å². The van der Waals surface area contributed by atoms with Crippen LogP contribution in [0.4, 0.5) is 0 Å². The van der Waals surface area contributed by atoms with Crippen molar-refractivity contribution < 1.29 is 9.47 Å². The summed E-state index contributed by atoms with van der Waals surface area (Å²) in [5.41, 5.74) is 2.13. The lowest BCUT2D eigenvalue weighted by Gasteiger charge is -2.19. The normalized spacial score (nSPS) is 12.5. The van der Waals surface area contributed by atoms with Gasteiger partial charge >= 0.3 is 0 Å². The van der Waals surface area contributed by atoms with Crippen LogP contribution in [0.3, 0.4) is 0 Å². The molecule has 1 aromatic heterocycles. The Bertz CT molecular complexity index is 937. The first kappa shape index (κ1) is 19.5. The molecule has 2 aromatic carbocycles. The van der Waals surface area contributed by atoms with E-state index in [-0.39, 0.29) is 6.10 Å². The van der Waals surface area contributed by atoms with Gasteiger partial charge < -0.3 is 20.1 Å². The highest BCUT2D eigenvalue weighted by Gasteiger charge is 2.10. The van der Waals surface area contributed by atoms with Gasteiger partial charge in [0.05, 0.1) is 19.2 Å². The number of rotatable bonds is 7. The molecule has 146 valence electrons. The molecule has 0 amide bonds. The summed E-state index contributed by atoms with van der Waals surface area (Å²) in [5.74, 6) is 2.16. The number of aliphatic imine (C=N–C) groups is 1. The number of para-hydroxylation sites is 3. The van der Waals surface area contributed by atoms with Gasteiger partial charge in [0, 0.05) is 25.2 Å². The molecule has 0 radical (unpaired) electrons. The number of nitrogens with zero attached hydrogens (tertiary/aromatic N) is 2. The van der Waals surface area contributed by atoms with E-state index in [0.29, 0.717) is 19.0 Å². The summed E-state index contributed by atoms with van der Waals surface area (Å²) in [4.78, 5) is 8.78. The van der Waals surface area contributed by atoms with E-state index in [9.17, 15) is 0 Å². The second-order valence-corrected chi connectivity index (χ2v) is 6.38. The van der Waals surface area contributed by atoms with Gasteiger partial charge in [-0.2, -0.15) is 0 Å². The molecule has 2 N–H and O–H groups in total. The quantitative estimate of drug-likeness (QED) is 0.487. The zero-order valence-corrected chi connectivity index (χ0v) is 16.5. The van der Waals surface area contributed by atoms with Crippen LogP contribution in [0.2, 0.25) is 0 Å². The van der Waals surface area contributed by atoms with Gasteiger partial charge in [0.2, 0.25) is 0 Å². The van der Waals surface area contributed by atoms with Gasteiger partial charge in [-0.1, -0.05) is 36.4 Å². The molecule has 6 nitrogen and oxygen atoms in total. The number of guanidine groups is 1. The molecule has 0 saturated heterocycles. The third-order valence-corrected chi connectivity index (χ3v) is 4.34. The maximum Gasteiger partial charge on any atom is 0.191 e. The molecule has 0 spiro atoms. The van der Waals surface area contributed by atoms with E-state index in [4.69, 9.17) is 9.47 Å². The second kappa shape index (κ2) is 9.60. The van der Waals surface area contributed by atoms with Crippen LogP contribution in [0.5, 0.6) is 11.5 Å². The van der Waals surface area contributed by atoms with Crippen molar-refractivity contribution in [1.29, 1.82) is 0 Å². The summed E-state index contributed by atoms with van der Waals surface area (Å²) in [5, 5.41) is 7.76. The molecule has 0 saturated carbocycles. The summed E-state index contributed by atoms with van der Waals surface area (Å²) in [7, 11) is 3.39. The number of benzene rings is 2. The Kier molecular flexibility index (Phi) is 6.68. The molecule has 0 aliphatic heterocycles. The van der Waals surface area contributed by atoms with Crippen molar-refractivity contribution in [3.63, 3.8) is 0 Å². The summed E-state index contributed by atoms with van der Waals surface area (Å²) in [6, 6.07) is 17.8. The number of aromatic nitrogens is 1. The average Bonchev–Trinajstić information content (AvgIpc) is 2.74. The predicted octanol–water partition coefficient (Wildman–Crippen LogP) is 3.38. The van der Waals surface area contributed by atoms with E-state index in [1.807, 2.05) is 49.5 Å². The fourth-order valence-corrected chi connectivity index (χ4v) is 2.92. The first-order valence-electron chi connectivity index (χ1n) is 9.28. The minimum Gasteiger partial charge on any atom is -0.493 e. The minimum absolute atomic E-state index is 0.0610. The lowest BCUT2D eigenvalue weighted by Crippen LogP contribution is -2.41. The van der Waals surface area contributed by atoms with Gasteiger partial charge in [0.25, 0.3) is 0 Å². The Hall–Kier alpha value is -3.28. The smallest absolute Gasteiger partial charge is 0.191 e. The summed E-state index contributed by atoms with van der Waals surface area (Å²) in [6.45, 7) is 3.24. The maximum atomic E-state index is 5.97. The van der Waals surface area contributed by atoms with Crippen LogP contribution >= 0.6 is 0 Å². The molecule has 28 heavy (non-hydrogen) atoms. The van der Waals surface area contributed by atoms with Gasteiger partial charge in [-0.15, -0.1) is 0 Å². The fourth-order valence-electron chi connectivity index (χ4n) is 2.92. The lowest BCUT2D eigenvalue weighted by molar-refractivity contribution is 0.213. The van der Waals surface area contributed by atoms with E-state index >= 15 is 0 Å². The number of ether oxygens (including phenoxy) is 2. The molecule has 1 unspecified atom stereocenters. The number of pyridine rings is 1. The summed E-state index contributed by atoms with van der Waals surface area (Å²) in [6.07, 6.45) is 1.75. The van der Waals surface area contributed by atoms with Crippen molar-refractivity contribution in [3.05, 3.63) is 66.4 Å². The van der Waals surface area contributed by atoms with Gasteiger partial charge in [-0.3, -0.25) is 9.98 Å². The number of hydrogen-bond donors (Lipinski definition) is 2. The molecule has 1 heterocycles. The maximum absolute atomic E-state index is 5.97. The zero-order chi connectivity index (χ0) is 19.8. The Balaban J connectivity index is 1.54. The largest absolute Gasteiger partial charge is 0.493 e. The summed E-state index contributed by atoms with van der Waals surface area (Å²) < 4.78 is 11.3. The monoisotopic (exact) mass is 378 g/mol. The molecular formula is C22H26N4O2. The van der Waals surface area contributed by atoms with Crippen LogP contribution < -0.4 is 20.1 Å². The number of nitrogens with one attached hydrogen (secondary N) is 2. The second-order valence-electron chi connectivity index (χ2n) is 6.38. The van der Waals surface area contributed by atoms with E-state index in [2.05, 4.69) is 38.8 Å². The number of hydrogen-bond acceptors (Lipinski definition) is 4. The van der Waals surface area contributed by atoms with Gasteiger partial charge in [-0.05, 0) is 30.7 Å². The van der Waals surface area contributed by atoms with Crippen LogP contribution in [0, 0.1) is 0 Å². The number of methoxy groups -OCH3 is 1. The molecule has 0 aliphatic rings. The molecular weight excluding hydrogens is 352 g/mol. The van der Waals surface area contributed by atoms with Crippen LogP contribution in [-0.4, -0.2) is 37.7 Å². The van der Waals surface area contributed by atoms with Gasteiger partial charge in [0.1, 0.15) is 6.10 Å². The Morgan fingerprint density at radius 1 is 1.04 bits per heavy atom. The zero-order valence-electron chi connectivity index (χ0n) is 16.5. The topological polar surface area (TPSA) is 67.8 Å². The predicted molar refractivity (Wildman–Crippen MR) is 113 cm³/mol. The lowest BCUT2D eigenvalue weighted by atomic mass is 10.1. The van der Waals surface area contributed by atoms with E-state index in [1.165, 1.54) is 0 Å². The van der Waals surface area contributed by atoms with Gasteiger partial charge in [-0.25, -0.2) is 0 Å². The molecule has 1 atom stereocenters. The highest BCUT2D eigenvalue weighted by atomic mass is 16.5. The highest BCUT2D eigenvalue weighted by molar-refractivity contribution is 5.83. The van der Waals surface area contributed by atoms with Crippen molar-refractivity contribution >= 4 is 16.9 Å². The van der Waals surface area contributed by atoms with E-state index in [1.54, 1.807) is 14.2 Å². The standard InChI is InChI=1S/C22H26N4O2/c1-16(28-20-12-5-4-11-19(20)27-3)14-25-22(23-2)26-15-18-9-6-8-17-10-7-13-24-21(17)18/h4-13,16H,14-15H2,1-3H3,(H2,23,25,26). The number of fused-ring (bicyclic) bond motifs is 1. The SMILES string of the molecule is CN=C(NCc1cccc2cccnc12)NCC(C)Oc1ccccc1OC. The molecule has 0 aliphatic carbocycles. The van der Waals surface area contributed by atoms with Crippen molar-refractivity contribution in [3.8, 4) is 11.5 Å². The summed E-state index contributed by atoms with van der Waals surface area (Å²) >= 11 is 0. The van der Waals surface area contributed by atoms with Crippen LogP contribution in [0.25, 0.3) is 10.9 Å². The first-order valence-corrected chi connectivity index (χ1v) is 9.28. The Morgan fingerprint density at radius 3 is 2.61 bits per heavy atom. The van der Waals surface area contributed by atoms with E-state index < -0.39 is 0 Å².